The first kappa shape index (κ1) is 12.1. The van der Waals surface area contributed by atoms with Crippen LogP contribution in [0.3, 0.4) is 0 Å². The third-order valence-corrected chi connectivity index (χ3v) is 2.41. The molecule has 2 aromatic rings. The van der Waals surface area contributed by atoms with E-state index in [2.05, 4.69) is 55.5 Å². The maximum atomic E-state index is 2.16. The number of benzene rings is 2. The standard InChI is InChI=1S/C14H13.W/c1-12(13-8-4-2-5-9-13)14-10-6-3-7-11-14;/h2-11H,1H3;/q-1;. The second-order valence-corrected chi connectivity index (χ2v) is 3.36. The summed E-state index contributed by atoms with van der Waals surface area (Å²) in [6.45, 7) is 2.16. The third kappa shape index (κ3) is 2.97. The normalized spacial score (nSPS) is 9.13. The average Bonchev–Trinajstić information content (AvgIpc) is 2.30. The van der Waals surface area contributed by atoms with Crippen LogP contribution in [0, 0.1) is 5.92 Å². The molecule has 0 aromatic heterocycles. The summed E-state index contributed by atoms with van der Waals surface area (Å²) in [6.07, 6.45) is 0. The topological polar surface area (TPSA) is 0 Å². The van der Waals surface area contributed by atoms with Gasteiger partial charge in [0.05, 0.1) is 0 Å². The molecule has 2 rings (SSSR count). The Morgan fingerprint density at radius 2 is 1.00 bits per heavy atom. The van der Waals surface area contributed by atoms with Crippen LogP contribution in [-0.4, -0.2) is 0 Å². The Balaban J connectivity index is 0.00000112. The van der Waals surface area contributed by atoms with E-state index in [-0.39, 0.29) is 21.1 Å². The Morgan fingerprint density at radius 3 is 1.33 bits per heavy atom. The van der Waals surface area contributed by atoms with Gasteiger partial charge in [-0.15, -0.1) is 41.3 Å². The van der Waals surface area contributed by atoms with Crippen LogP contribution in [0.25, 0.3) is 0 Å². The van der Waals surface area contributed by atoms with Crippen LogP contribution in [0.15, 0.2) is 60.7 Å². The predicted molar refractivity (Wildman–Crippen MR) is 60.0 cm³/mol. The van der Waals surface area contributed by atoms with Crippen molar-refractivity contribution < 1.29 is 21.1 Å². The monoisotopic (exact) mass is 365 g/mol. The minimum atomic E-state index is 0. The van der Waals surface area contributed by atoms with Gasteiger partial charge in [0.1, 0.15) is 0 Å². The van der Waals surface area contributed by atoms with Gasteiger partial charge in [-0.2, -0.15) is 0 Å². The van der Waals surface area contributed by atoms with Gasteiger partial charge in [-0.25, -0.2) is 0 Å². The summed E-state index contributed by atoms with van der Waals surface area (Å²) in [5.41, 5.74) is 2.58. The molecule has 1 heteroatoms. The zero-order valence-corrected chi connectivity index (χ0v) is 11.6. The molecule has 0 N–H and O–H groups in total. The van der Waals surface area contributed by atoms with Crippen molar-refractivity contribution in [1.29, 1.82) is 0 Å². The molecule has 0 spiro atoms. The molecule has 0 nitrogen and oxygen atoms in total. The van der Waals surface area contributed by atoms with Crippen LogP contribution in [0.2, 0.25) is 0 Å². The van der Waals surface area contributed by atoms with Crippen molar-refractivity contribution in [1.82, 2.24) is 0 Å². The molecule has 0 radical (unpaired) electrons. The molecular formula is C14H13W-. The molecule has 0 heterocycles. The number of hydrogen-bond donors (Lipinski definition) is 0. The Hall–Kier alpha value is -1.00. The Morgan fingerprint density at radius 1 is 0.667 bits per heavy atom. The summed E-state index contributed by atoms with van der Waals surface area (Å²) in [5, 5.41) is 0. The second kappa shape index (κ2) is 5.78. The van der Waals surface area contributed by atoms with Gasteiger partial charge < -0.3 is 0 Å². The Kier molecular flexibility index (Phi) is 4.65. The summed E-state index contributed by atoms with van der Waals surface area (Å²) < 4.78 is 0. The molecule has 76 valence electrons. The first-order valence-electron chi connectivity index (χ1n) is 4.82. The van der Waals surface area contributed by atoms with Crippen LogP contribution < -0.4 is 0 Å². The Labute approximate surface area is 106 Å². The zero-order valence-electron chi connectivity index (χ0n) is 8.68. The van der Waals surface area contributed by atoms with Crippen LogP contribution in [0.5, 0.6) is 0 Å². The minimum Gasteiger partial charge on any atom is -0.121 e. The minimum absolute atomic E-state index is 0. The van der Waals surface area contributed by atoms with Crippen molar-refractivity contribution in [2.45, 2.75) is 6.92 Å². The van der Waals surface area contributed by atoms with Gasteiger partial charge in [0.15, 0.2) is 0 Å². The van der Waals surface area contributed by atoms with E-state index in [0.29, 0.717) is 0 Å². The summed E-state index contributed by atoms with van der Waals surface area (Å²) in [7, 11) is 0. The van der Waals surface area contributed by atoms with Crippen LogP contribution >= 0.6 is 0 Å². The quantitative estimate of drug-likeness (QED) is 0.713. The molecule has 0 unspecified atom stereocenters. The summed E-state index contributed by atoms with van der Waals surface area (Å²) in [6, 6.07) is 20.9. The van der Waals surface area contributed by atoms with E-state index in [4.69, 9.17) is 0 Å². The number of rotatable bonds is 2. The van der Waals surface area contributed by atoms with Crippen LogP contribution in [-0.2, 0) is 21.1 Å². The predicted octanol–water partition coefficient (Wildman–Crippen LogP) is 3.67. The molecule has 0 bridgehead atoms. The maximum Gasteiger partial charge on any atom is 0 e. The molecule has 0 fully saturated rings. The molecule has 0 aliphatic carbocycles. The van der Waals surface area contributed by atoms with Gasteiger partial charge in [-0.1, -0.05) is 43.3 Å². The largest absolute Gasteiger partial charge is 0.121 e. The molecule has 0 saturated heterocycles. The van der Waals surface area contributed by atoms with Crippen molar-refractivity contribution in [3.05, 3.63) is 77.7 Å². The van der Waals surface area contributed by atoms with Gasteiger partial charge in [0.2, 0.25) is 0 Å². The molecule has 0 aliphatic heterocycles. The molecular weight excluding hydrogens is 352 g/mol. The Bertz CT molecular complexity index is 341. The van der Waals surface area contributed by atoms with Gasteiger partial charge in [-0.3, -0.25) is 0 Å². The number of hydrogen-bond acceptors (Lipinski definition) is 0. The SMILES string of the molecule is C[C-](c1ccccc1)c1ccccc1.[W]. The molecule has 0 saturated carbocycles. The first-order chi connectivity index (χ1) is 6.88. The molecule has 15 heavy (non-hydrogen) atoms. The van der Waals surface area contributed by atoms with E-state index in [1.165, 1.54) is 17.0 Å². The van der Waals surface area contributed by atoms with Crippen LogP contribution in [0.4, 0.5) is 0 Å². The summed E-state index contributed by atoms with van der Waals surface area (Å²) >= 11 is 0. The van der Waals surface area contributed by atoms with Crippen molar-refractivity contribution in [3.63, 3.8) is 0 Å². The third-order valence-electron chi connectivity index (χ3n) is 2.41. The van der Waals surface area contributed by atoms with E-state index < -0.39 is 0 Å². The van der Waals surface area contributed by atoms with E-state index in [0.717, 1.165) is 0 Å². The fourth-order valence-electron chi connectivity index (χ4n) is 1.54. The second-order valence-electron chi connectivity index (χ2n) is 3.36. The molecule has 0 atom stereocenters. The van der Waals surface area contributed by atoms with Crippen molar-refractivity contribution in [2.75, 3.05) is 0 Å². The van der Waals surface area contributed by atoms with E-state index in [1.54, 1.807) is 0 Å². The van der Waals surface area contributed by atoms with Gasteiger partial charge in [0, 0.05) is 21.1 Å². The first-order valence-corrected chi connectivity index (χ1v) is 4.82. The van der Waals surface area contributed by atoms with E-state index >= 15 is 0 Å². The smallest absolute Gasteiger partial charge is 0 e. The molecule has 2 aromatic carbocycles. The van der Waals surface area contributed by atoms with Gasteiger partial charge in [-0.05, 0) is 0 Å². The zero-order chi connectivity index (χ0) is 9.80. The maximum absolute atomic E-state index is 2.16. The average molecular weight is 365 g/mol. The molecule has 0 amide bonds. The fraction of sp³-hybridized carbons (Fsp3) is 0.0714. The van der Waals surface area contributed by atoms with Gasteiger partial charge >= 0.3 is 0 Å². The van der Waals surface area contributed by atoms with Crippen molar-refractivity contribution in [3.8, 4) is 0 Å². The van der Waals surface area contributed by atoms with Crippen LogP contribution in [0.1, 0.15) is 18.1 Å². The molecule has 0 aliphatic rings. The van der Waals surface area contributed by atoms with Gasteiger partial charge in [0.25, 0.3) is 0 Å². The van der Waals surface area contributed by atoms with Crippen molar-refractivity contribution >= 4 is 0 Å². The summed E-state index contributed by atoms with van der Waals surface area (Å²) in [5.74, 6) is 1.33. The fourth-order valence-corrected chi connectivity index (χ4v) is 1.54. The summed E-state index contributed by atoms with van der Waals surface area (Å²) in [4.78, 5) is 0. The van der Waals surface area contributed by atoms with E-state index in [9.17, 15) is 0 Å². The van der Waals surface area contributed by atoms with Crippen molar-refractivity contribution in [2.24, 2.45) is 0 Å². The van der Waals surface area contributed by atoms with E-state index in [1.807, 2.05) is 12.1 Å².